The lowest BCUT2D eigenvalue weighted by Crippen LogP contribution is -2.44. The van der Waals surface area contributed by atoms with Crippen molar-refractivity contribution in [2.24, 2.45) is 17.8 Å². The summed E-state index contributed by atoms with van der Waals surface area (Å²) in [6.45, 7) is 2.46. The van der Waals surface area contributed by atoms with Crippen LogP contribution in [-0.2, 0) is 0 Å². The lowest BCUT2D eigenvalue weighted by molar-refractivity contribution is 0.209. The summed E-state index contributed by atoms with van der Waals surface area (Å²) < 4.78 is 0. The zero-order valence-electron chi connectivity index (χ0n) is 12.2. The Bertz CT molecular complexity index is 252. The van der Waals surface area contributed by atoms with Crippen LogP contribution < -0.4 is 5.32 Å². The Morgan fingerprint density at radius 1 is 0.778 bits per heavy atom. The first-order valence-electron chi connectivity index (χ1n) is 8.59. The van der Waals surface area contributed by atoms with Crippen molar-refractivity contribution in [3.63, 3.8) is 0 Å². The van der Waals surface area contributed by atoms with Gasteiger partial charge in [-0.05, 0) is 63.2 Å². The summed E-state index contributed by atoms with van der Waals surface area (Å²) in [5.41, 5.74) is 0. The fourth-order valence-corrected chi connectivity index (χ4v) is 4.52. The minimum atomic E-state index is 0.772. The van der Waals surface area contributed by atoms with Crippen LogP contribution in [0.2, 0.25) is 0 Å². The van der Waals surface area contributed by atoms with Crippen LogP contribution in [0.3, 0.4) is 0 Å². The second kappa shape index (κ2) is 5.94. The summed E-state index contributed by atoms with van der Waals surface area (Å²) in [4.78, 5) is 0. The maximum absolute atomic E-state index is 4.00. The molecule has 0 amide bonds. The van der Waals surface area contributed by atoms with E-state index in [1.165, 1.54) is 70.6 Å². The van der Waals surface area contributed by atoms with Gasteiger partial charge in [-0.1, -0.05) is 32.1 Å². The topological polar surface area (TPSA) is 12.0 Å². The van der Waals surface area contributed by atoms with Gasteiger partial charge in [-0.15, -0.1) is 0 Å². The van der Waals surface area contributed by atoms with Crippen molar-refractivity contribution in [1.29, 1.82) is 0 Å². The molecule has 3 aliphatic carbocycles. The van der Waals surface area contributed by atoms with Gasteiger partial charge in [-0.3, -0.25) is 0 Å². The fraction of sp³-hybridized carbons (Fsp3) is 1.00. The predicted octanol–water partition coefficient (Wildman–Crippen LogP) is 4.51. The summed E-state index contributed by atoms with van der Waals surface area (Å²) in [6, 6.07) is 1.62. The molecule has 0 saturated heterocycles. The Morgan fingerprint density at radius 2 is 1.56 bits per heavy atom. The monoisotopic (exact) mass is 249 g/mol. The van der Waals surface area contributed by atoms with Crippen molar-refractivity contribution in [2.45, 2.75) is 89.6 Å². The number of hydrogen-bond donors (Lipinski definition) is 1. The van der Waals surface area contributed by atoms with E-state index in [0.29, 0.717) is 0 Å². The van der Waals surface area contributed by atoms with Gasteiger partial charge in [-0.25, -0.2) is 0 Å². The van der Waals surface area contributed by atoms with Gasteiger partial charge in [-0.2, -0.15) is 0 Å². The third-order valence-electron chi connectivity index (χ3n) is 5.86. The largest absolute Gasteiger partial charge is 0.311 e. The lowest BCUT2D eigenvalue weighted by atomic mass is 9.80. The standard InChI is InChI=1S/C17H31N/c1-13(14-6-3-2-4-7-14)18-17-9-5-8-16(12-17)15-10-11-15/h13-18H,2-12H2,1H3. The average Bonchev–Trinajstić information content (AvgIpc) is 3.24. The first-order chi connectivity index (χ1) is 8.83. The molecule has 18 heavy (non-hydrogen) atoms. The third-order valence-corrected chi connectivity index (χ3v) is 5.86. The van der Waals surface area contributed by atoms with Gasteiger partial charge in [0.25, 0.3) is 0 Å². The smallest absolute Gasteiger partial charge is 0.00723 e. The van der Waals surface area contributed by atoms with Crippen LogP contribution in [0.15, 0.2) is 0 Å². The number of nitrogens with one attached hydrogen (secondary N) is 1. The first kappa shape index (κ1) is 13.0. The molecule has 3 atom stereocenters. The Hall–Kier alpha value is -0.0400. The summed E-state index contributed by atoms with van der Waals surface area (Å²) >= 11 is 0. The molecule has 0 heterocycles. The molecule has 3 rings (SSSR count). The fourth-order valence-electron chi connectivity index (χ4n) is 4.52. The van der Waals surface area contributed by atoms with Crippen LogP contribution >= 0.6 is 0 Å². The third kappa shape index (κ3) is 3.29. The minimum absolute atomic E-state index is 0.772. The van der Waals surface area contributed by atoms with Crippen LogP contribution in [-0.4, -0.2) is 12.1 Å². The molecule has 0 bridgehead atoms. The van der Waals surface area contributed by atoms with E-state index in [2.05, 4.69) is 12.2 Å². The second-order valence-electron chi connectivity index (χ2n) is 7.31. The molecule has 1 N–H and O–H groups in total. The van der Waals surface area contributed by atoms with Gasteiger partial charge >= 0.3 is 0 Å². The van der Waals surface area contributed by atoms with Crippen molar-refractivity contribution in [2.75, 3.05) is 0 Å². The highest BCUT2D eigenvalue weighted by atomic mass is 15.0. The Labute approximate surface area is 113 Å². The van der Waals surface area contributed by atoms with Crippen LogP contribution in [0.25, 0.3) is 0 Å². The van der Waals surface area contributed by atoms with Gasteiger partial charge < -0.3 is 5.32 Å². The lowest BCUT2D eigenvalue weighted by Gasteiger charge is -2.35. The van der Waals surface area contributed by atoms with Crippen molar-refractivity contribution >= 4 is 0 Å². The highest BCUT2D eigenvalue weighted by Crippen LogP contribution is 2.44. The zero-order chi connectivity index (χ0) is 12.4. The number of hydrogen-bond acceptors (Lipinski definition) is 1. The molecule has 0 radical (unpaired) electrons. The summed E-state index contributed by atoms with van der Waals surface area (Å²) in [7, 11) is 0. The molecule has 0 aromatic carbocycles. The molecule has 1 heteroatoms. The SMILES string of the molecule is CC(NC1CCCC(C2CC2)C1)C1CCCCC1. The van der Waals surface area contributed by atoms with Crippen LogP contribution in [0.4, 0.5) is 0 Å². The van der Waals surface area contributed by atoms with Crippen molar-refractivity contribution in [3.05, 3.63) is 0 Å². The van der Waals surface area contributed by atoms with Gasteiger partial charge in [0.2, 0.25) is 0 Å². The number of rotatable bonds is 4. The van der Waals surface area contributed by atoms with Gasteiger partial charge in [0.15, 0.2) is 0 Å². The molecule has 3 fully saturated rings. The van der Waals surface area contributed by atoms with Crippen molar-refractivity contribution < 1.29 is 0 Å². The predicted molar refractivity (Wildman–Crippen MR) is 77.6 cm³/mol. The van der Waals surface area contributed by atoms with E-state index >= 15 is 0 Å². The Balaban J connectivity index is 1.45. The molecule has 3 aliphatic rings. The molecule has 0 aromatic heterocycles. The van der Waals surface area contributed by atoms with Crippen LogP contribution in [0, 0.1) is 17.8 Å². The average molecular weight is 249 g/mol. The zero-order valence-corrected chi connectivity index (χ0v) is 12.2. The van der Waals surface area contributed by atoms with E-state index in [-0.39, 0.29) is 0 Å². The molecule has 0 spiro atoms. The minimum Gasteiger partial charge on any atom is -0.311 e. The van der Waals surface area contributed by atoms with E-state index < -0.39 is 0 Å². The molecule has 1 nitrogen and oxygen atoms in total. The highest BCUT2D eigenvalue weighted by molar-refractivity contribution is 4.89. The summed E-state index contributed by atoms with van der Waals surface area (Å²) in [5.74, 6) is 3.18. The molecule has 0 aliphatic heterocycles. The normalized spacial score (nSPS) is 36.5. The summed E-state index contributed by atoms with van der Waals surface area (Å²) in [6.07, 6.45) is 16.4. The maximum Gasteiger partial charge on any atom is 0.00723 e. The Kier molecular flexibility index (Phi) is 4.28. The van der Waals surface area contributed by atoms with E-state index in [0.717, 1.165) is 29.8 Å². The quantitative estimate of drug-likeness (QED) is 0.773. The molecule has 104 valence electrons. The highest BCUT2D eigenvalue weighted by Gasteiger charge is 2.35. The van der Waals surface area contributed by atoms with Gasteiger partial charge in [0.05, 0.1) is 0 Å². The van der Waals surface area contributed by atoms with E-state index in [1.54, 1.807) is 0 Å². The van der Waals surface area contributed by atoms with Gasteiger partial charge in [0.1, 0.15) is 0 Å². The van der Waals surface area contributed by atoms with E-state index in [4.69, 9.17) is 0 Å². The first-order valence-corrected chi connectivity index (χ1v) is 8.59. The Morgan fingerprint density at radius 3 is 2.28 bits per heavy atom. The van der Waals surface area contributed by atoms with Crippen molar-refractivity contribution in [1.82, 2.24) is 5.32 Å². The summed E-state index contributed by atoms with van der Waals surface area (Å²) in [5, 5.41) is 4.00. The van der Waals surface area contributed by atoms with Crippen LogP contribution in [0.5, 0.6) is 0 Å². The van der Waals surface area contributed by atoms with Gasteiger partial charge in [0, 0.05) is 12.1 Å². The maximum atomic E-state index is 4.00. The van der Waals surface area contributed by atoms with Crippen LogP contribution in [0.1, 0.15) is 77.6 Å². The van der Waals surface area contributed by atoms with E-state index in [9.17, 15) is 0 Å². The molecule has 3 saturated carbocycles. The van der Waals surface area contributed by atoms with Crippen molar-refractivity contribution in [3.8, 4) is 0 Å². The van der Waals surface area contributed by atoms with E-state index in [1.807, 2.05) is 0 Å². The second-order valence-corrected chi connectivity index (χ2v) is 7.31. The molecular weight excluding hydrogens is 218 g/mol. The molecule has 3 unspecified atom stereocenters. The molecule has 0 aromatic rings. The molecular formula is C17H31N.